The van der Waals surface area contributed by atoms with Crippen LogP contribution in [0.4, 0.5) is 11.4 Å². The average Bonchev–Trinajstić information content (AvgIpc) is 2.63. The van der Waals surface area contributed by atoms with Gasteiger partial charge in [0.2, 0.25) is 0 Å². The Bertz CT molecular complexity index is 741. The monoisotopic (exact) mass is 242 g/mol. The van der Waals surface area contributed by atoms with Crippen LogP contribution in [-0.4, -0.2) is 0 Å². The number of nitrogens with two attached hydrogens (primary N) is 2. The summed E-state index contributed by atoms with van der Waals surface area (Å²) in [6.45, 7) is 4.11. The number of hydrogen-bond acceptors (Lipinski definition) is 3. The number of anilines is 2. The maximum absolute atomic E-state index is 5.98. The van der Waals surface area contributed by atoms with Crippen molar-refractivity contribution in [3.05, 3.63) is 35.4 Å². The van der Waals surface area contributed by atoms with E-state index in [4.69, 9.17) is 11.5 Å². The Morgan fingerprint density at radius 2 is 1.71 bits per heavy atom. The average molecular weight is 242 g/mol. The highest BCUT2D eigenvalue weighted by Gasteiger charge is 2.10. The van der Waals surface area contributed by atoms with E-state index < -0.39 is 0 Å². The second-order valence-corrected chi connectivity index (χ2v) is 5.52. The summed E-state index contributed by atoms with van der Waals surface area (Å²) < 4.78 is 2.55. The molecule has 0 aliphatic heterocycles. The van der Waals surface area contributed by atoms with Crippen molar-refractivity contribution in [3.8, 4) is 0 Å². The van der Waals surface area contributed by atoms with Crippen molar-refractivity contribution in [2.75, 3.05) is 11.5 Å². The minimum Gasteiger partial charge on any atom is -0.398 e. The molecule has 0 aliphatic rings. The number of thiophene rings is 1. The highest BCUT2D eigenvalue weighted by Crippen LogP contribution is 2.39. The zero-order chi connectivity index (χ0) is 12.2. The Balaban J connectivity index is 2.54. The molecule has 0 spiro atoms. The Morgan fingerprint density at radius 3 is 2.47 bits per heavy atom. The zero-order valence-electron chi connectivity index (χ0n) is 9.87. The minimum atomic E-state index is 0.853. The van der Waals surface area contributed by atoms with E-state index in [-0.39, 0.29) is 0 Å². The second kappa shape index (κ2) is 3.37. The van der Waals surface area contributed by atoms with E-state index in [1.807, 2.05) is 13.0 Å². The summed E-state index contributed by atoms with van der Waals surface area (Å²) in [5, 5.41) is 2.49. The molecule has 1 heterocycles. The van der Waals surface area contributed by atoms with E-state index in [1.54, 1.807) is 11.3 Å². The van der Waals surface area contributed by atoms with Crippen LogP contribution in [0, 0.1) is 13.8 Å². The van der Waals surface area contributed by atoms with Crippen LogP contribution in [-0.2, 0) is 0 Å². The first-order valence-corrected chi connectivity index (χ1v) is 6.37. The molecule has 17 heavy (non-hydrogen) atoms. The van der Waals surface area contributed by atoms with Crippen molar-refractivity contribution in [1.82, 2.24) is 0 Å². The van der Waals surface area contributed by atoms with Crippen molar-refractivity contribution in [3.63, 3.8) is 0 Å². The molecular formula is C14H14N2S. The van der Waals surface area contributed by atoms with E-state index in [9.17, 15) is 0 Å². The lowest BCUT2D eigenvalue weighted by Crippen LogP contribution is -1.88. The summed E-state index contributed by atoms with van der Waals surface area (Å²) in [4.78, 5) is 0. The fourth-order valence-corrected chi connectivity index (χ4v) is 3.45. The van der Waals surface area contributed by atoms with Crippen LogP contribution in [0.25, 0.3) is 20.2 Å². The third-order valence-electron chi connectivity index (χ3n) is 3.32. The molecule has 0 aliphatic carbocycles. The van der Waals surface area contributed by atoms with Gasteiger partial charge in [-0.3, -0.25) is 0 Å². The van der Waals surface area contributed by atoms with Gasteiger partial charge in [0.15, 0.2) is 0 Å². The Morgan fingerprint density at radius 1 is 0.941 bits per heavy atom. The van der Waals surface area contributed by atoms with Gasteiger partial charge in [-0.05, 0) is 43.2 Å². The lowest BCUT2D eigenvalue weighted by molar-refractivity contribution is 1.51. The summed E-state index contributed by atoms with van der Waals surface area (Å²) in [5.41, 5.74) is 15.9. The standard InChI is InChI=1S/C14H14N2S/c1-7-5-13-10(6-12(7)16)9-3-4-11(15)8(2)14(9)17-13/h3-6H,15-16H2,1-2H3. The van der Waals surface area contributed by atoms with Gasteiger partial charge in [-0.15, -0.1) is 11.3 Å². The molecule has 0 saturated carbocycles. The van der Waals surface area contributed by atoms with E-state index in [0.717, 1.165) is 16.9 Å². The third kappa shape index (κ3) is 1.39. The van der Waals surface area contributed by atoms with Crippen molar-refractivity contribution in [2.24, 2.45) is 0 Å². The molecule has 2 aromatic carbocycles. The number of nitrogen functional groups attached to an aromatic ring is 2. The first-order valence-electron chi connectivity index (χ1n) is 5.55. The van der Waals surface area contributed by atoms with Gasteiger partial charge in [0.25, 0.3) is 0 Å². The highest BCUT2D eigenvalue weighted by atomic mass is 32.1. The van der Waals surface area contributed by atoms with Crippen molar-refractivity contribution < 1.29 is 0 Å². The molecule has 86 valence electrons. The summed E-state index contributed by atoms with van der Waals surface area (Å²) in [7, 11) is 0. The number of aryl methyl sites for hydroxylation is 2. The van der Waals surface area contributed by atoms with Gasteiger partial charge in [-0.25, -0.2) is 0 Å². The largest absolute Gasteiger partial charge is 0.398 e. The van der Waals surface area contributed by atoms with Gasteiger partial charge in [0.05, 0.1) is 0 Å². The molecule has 3 heteroatoms. The molecule has 3 aromatic rings. The number of hydrogen-bond donors (Lipinski definition) is 2. The predicted molar refractivity (Wildman–Crippen MR) is 77.6 cm³/mol. The molecule has 3 rings (SSSR count). The molecule has 0 bridgehead atoms. The lowest BCUT2D eigenvalue weighted by atomic mass is 10.1. The van der Waals surface area contributed by atoms with Crippen LogP contribution in [0.2, 0.25) is 0 Å². The molecule has 4 N–H and O–H groups in total. The van der Waals surface area contributed by atoms with E-state index in [1.165, 1.54) is 25.7 Å². The van der Waals surface area contributed by atoms with Crippen LogP contribution >= 0.6 is 11.3 Å². The zero-order valence-corrected chi connectivity index (χ0v) is 10.7. The third-order valence-corrected chi connectivity index (χ3v) is 4.61. The van der Waals surface area contributed by atoms with Gasteiger partial charge in [-0.2, -0.15) is 0 Å². The molecule has 0 radical (unpaired) electrons. The van der Waals surface area contributed by atoms with Gasteiger partial charge in [0.1, 0.15) is 0 Å². The van der Waals surface area contributed by atoms with Gasteiger partial charge in [0, 0.05) is 31.5 Å². The quantitative estimate of drug-likeness (QED) is 0.588. The number of benzene rings is 2. The molecule has 0 atom stereocenters. The second-order valence-electron chi connectivity index (χ2n) is 4.46. The molecule has 0 saturated heterocycles. The SMILES string of the molecule is Cc1cc2sc3c(C)c(N)ccc3c2cc1N. The lowest BCUT2D eigenvalue weighted by Gasteiger charge is -2.01. The van der Waals surface area contributed by atoms with Gasteiger partial charge >= 0.3 is 0 Å². The molecule has 2 nitrogen and oxygen atoms in total. The predicted octanol–water partition coefficient (Wildman–Crippen LogP) is 3.84. The fraction of sp³-hybridized carbons (Fsp3) is 0.143. The first kappa shape index (κ1) is 10.4. The molecule has 0 fully saturated rings. The molecular weight excluding hydrogens is 228 g/mol. The normalized spacial score (nSPS) is 11.4. The summed E-state index contributed by atoms with van der Waals surface area (Å²) in [5.74, 6) is 0. The van der Waals surface area contributed by atoms with Crippen molar-refractivity contribution in [1.29, 1.82) is 0 Å². The Hall–Kier alpha value is -1.74. The molecule has 1 aromatic heterocycles. The van der Waals surface area contributed by atoms with Crippen LogP contribution in [0.5, 0.6) is 0 Å². The van der Waals surface area contributed by atoms with Crippen molar-refractivity contribution in [2.45, 2.75) is 13.8 Å². The number of fused-ring (bicyclic) bond motifs is 3. The van der Waals surface area contributed by atoms with E-state index in [2.05, 4.69) is 25.1 Å². The maximum atomic E-state index is 5.98. The summed E-state index contributed by atoms with van der Waals surface area (Å²) in [6.07, 6.45) is 0. The fourth-order valence-electron chi connectivity index (χ4n) is 2.15. The minimum absolute atomic E-state index is 0.853. The first-order chi connectivity index (χ1) is 8.08. The van der Waals surface area contributed by atoms with Crippen LogP contribution in [0.3, 0.4) is 0 Å². The molecule has 0 amide bonds. The van der Waals surface area contributed by atoms with Gasteiger partial charge < -0.3 is 11.5 Å². The molecule has 0 unspecified atom stereocenters. The Kier molecular flexibility index (Phi) is 2.07. The summed E-state index contributed by atoms with van der Waals surface area (Å²) in [6, 6.07) is 8.29. The van der Waals surface area contributed by atoms with Crippen LogP contribution in [0.15, 0.2) is 24.3 Å². The number of rotatable bonds is 0. The van der Waals surface area contributed by atoms with E-state index >= 15 is 0 Å². The van der Waals surface area contributed by atoms with Gasteiger partial charge in [-0.1, -0.05) is 6.07 Å². The summed E-state index contributed by atoms with van der Waals surface area (Å²) >= 11 is 1.79. The maximum Gasteiger partial charge on any atom is 0.0405 e. The highest BCUT2D eigenvalue weighted by molar-refractivity contribution is 7.26. The smallest absolute Gasteiger partial charge is 0.0405 e. The van der Waals surface area contributed by atoms with E-state index in [0.29, 0.717) is 0 Å². The Labute approximate surface area is 104 Å². The van der Waals surface area contributed by atoms with Crippen LogP contribution in [0.1, 0.15) is 11.1 Å². The van der Waals surface area contributed by atoms with Crippen LogP contribution < -0.4 is 11.5 Å². The van der Waals surface area contributed by atoms with Crippen molar-refractivity contribution >= 4 is 42.9 Å². The topological polar surface area (TPSA) is 52.0 Å².